The fourth-order valence-corrected chi connectivity index (χ4v) is 13.2. The van der Waals surface area contributed by atoms with Gasteiger partial charge in [0.15, 0.2) is 0 Å². The minimum absolute atomic E-state index is 0.173. The first-order valence-corrected chi connectivity index (χ1v) is 27.5. The largest absolute Gasteiger partial charge is 0.379 e. The van der Waals surface area contributed by atoms with E-state index >= 15 is 0 Å². The molecule has 0 bridgehead atoms. The molecule has 4 aliphatic rings. The number of ether oxygens (including phenoxy) is 3. The Morgan fingerprint density at radius 3 is 2.05 bits per heavy atom. The van der Waals surface area contributed by atoms with Crippen LogP contribution in [0.4, 0.5) is 0 Å². The SMILES string of the molecule is CCCCC/C=C\C/C=C\CCCCCCCCOC[C@H](CN(C)C)OCCCCCCCCOC1CC[C@@]2(C)C(=CC[C@H]3[C@@H]4CC[C@H]([C@H](C)CCCC(C)C)[C@@]4(C)CC[C@@H]32)C1. The Morgan fingerprint density at radius 1 is 0.694 bits per heavy atom. The lowest BCUT2D eigenvalue weighted by atomic mass is 9.47. The molecule has 9 atom stereocenters. The van der Waals surface area contributed by atoms with E-state index in [9.17, 15) is 0 Å². The summed E-state index contributed by atoms with van der Waals surface area (Å²) in [5.74, 6) is 5.49. The zero-order chi connectivity index (χ0) is 44.5. The number of allylic oxidation sites excluding steroid dienone is 5. The van der Waals surface area contributed by atoms with Crippen molar-refractivity contribution < 1.29 is 14.2 Å². The van der Waals surface area contributed by atoms with E-state index in [1.54, 1.807) is 5.57 Å². The van der Waals surface area contributed by atoms with Crippen molar-refractivity contribution in [2.24, 2.45) is 46.3 Å². The molecule has 0 saturated heterocycles. The van der Waals surface area contributed by atoms with Crippen LogP contribution < -0.4 is 0 Å². The average molecular weight is 864 g/mol. The van der Waals surface area contributed by atoms with E-state index in [4.69, 9.17) is 14.2 Å². The van der Waals surface area contributed by atoms with E-state index in [1.165, 1.54) is 173 Å². The van der Waals surface area contributed by atoms with E-state index in [1.807, 2.05) is 0 Å². The summed E-state index contributed by atoms with van der Waals surface area (Å²) < 4.78 is 19.0. The predicted octanol–water partition coefficient (Wildman–Crippen LogP) is 16.5. The number of rotatable bonds is 35. The summed E-state index contributed by atoms with van der Waals surface area (Å²) in [6, 6.07) is 0. The average Bonchev–Trinajstić information content (AvgIpc) is 3.60. The van der Waals surface area contributed by atoms with Crippen LogP contribution in [0.1, 0.15) is 228 Å². The molecule has 0 N–H and O–H groups in total. The molecule has 1 unspecified atom stereocenters. The number of likely N-dealkylation sites (N-methyl/N-ethyl adjacent to an activating group) is 1. The molecule has 0 spiro atoms. The molecular weight excluding hydrogens is 759 g/mol. The summed E-state index contributed by atoms with van der Waals surface area (Å²) >= 11 is 0. The van der Waals surface area contributed by atoms with Gasteiger partial charge in [-0.15, -0.1) is 0 Å². The van der Waals surface area contributed by atoms with Crippen molar-refractivity contribution in [2.45, 2.75) is 240 Å². The Balaban J connectivity index is 0.980. The quantitative estimate of drug-likeness (QED) is 0.0469. The Morgan fingerprint density at radius 2 is 1.35 bits per heavy atom. The van der Waals surface area contributed by atoms with Crippen molar-refractivity contribution in [2.75, 3.05) is 47.1 Å². The maximum Gasteiger partial charge on any atom is 0.0934 e. The molecule has 0 aromatic carbocycles. The highest BCUT2D eigenvalue weighted by Crippen LogP contribution is 2.67. The number of hydrogen-bond acceptors (Lipinski definition) is 4. The van der Waals surface area contributed by atoms with Crippen LogP contribution in [0, 0.1) is 46.3 Å². The number of hydrogen-bond donors (Lipinski definition) is 0. The fraction of sp³-hybridized carbons (Fsp3) is 0.897. The summed E-state index contributed by atoms with van der Waals surface area (Å²) in [6.45, 7) is 19.4. The molecule has 0 aromatic rings. The highest BCUT2D eigenvalue weighted by atomic mass is 16.5. The van der Waals surface area contributed by atoms with Gasteiger partial charge in [0, 0.05) is 26.4 Å². The molecule has 3 saturated carbocycles. The zero-order valence-corrected chi connectivity index (χ0v) is 42.7. The standard InChI is InChI=1S/C58H105NO3/c1-9-10-11-12-13-14-15-16-17-18-19-20-21-22-25-28-42-60-47-52(46-59(7)8)62-44-30-27-24-23-26-29-43-61-51-38-40-57(5)50(45-51)34-35-53-55-37-36-54(49(4)33-31-32-48(2)3)58(55,6)41-39-56(53)57/h13-14,16-17,34,48-49,51-56H,9-12,15,18-33,35-47H2,1-8H3/b14-13-,17-16-/t49-,51?,52+,53+,54-,55+,56+,57+,58-/m1/s1. The van der Waals surface area contributed by atoms with E-state index in [0.717, 1.165) is 81.3 Å². The second-order valence-electron chi connectivity index (χ2n) is 22.6. The highest BCUT2D eigenvalue weighted by molar-refractivity contribution is 5.25. The van der Waals surface area contributed by atoms with Crippen LogP contribution in [0.3, 0.4) is 0 Å². The van der Waals surface area contributed by atoms with Gasteiger partial charge >= 0.3 is 0 Å². The number of fused-ring (bicyclic) bond motifs is 5. The topological polar surface area (TPSA) is 30.9 Å². The van der Waals surface area contributed by atoms with Gasteiger partial charge in [-0.2, -0.15) is 0 Å². The van der Waals surface area contributed by atoms with Crippen LogP contribution in [0.5, 0.6) is 0 Å². The molecule has 0 heterocycles. The van der Waals surface area contributed by atoms with Crippen molar-refractivity contribution in [3.8, 4) is 0 Å². The molecule has 62 heavy (non-hydrogen) atoms. The third kappa shape index (κ3) is 18.4. The third-order valence-corrected chi connectivity index (χ3v) is 16.9. The first-order chi connectivity index (χ1) is 30.1. The Labute approximate surface area is 387 Å². The summed E-state index contributed by atoms with van der Waals surface area (Å²) in [5.41, 5.74) is 2.79. The Hall–Kier alpha value is -0.940. The van der Waals surface area contributed by atoms with E-state index in [-0.39, 0.29) is 6.10 Å². The number of unbranched alkanes of at least 4 members (excludes halogenated alkanes) is 14. The van der Waals surface area contributed by atoms with Crippen LogP contribution in [0.2, 0.25) is 0 Å². The molecule has 4 rings (SSSR count). The first kappa shape index (κ1) is 53.7. The van der Waals surface area contributed by atoms with E-state index < -0.39 is 0 Å². The summed E-state index contributed by atoms with van der Waals surface area (Å²) in [7, 11) is 4.28. The van der Waals surface area contributed by atoms with Gasteiger partial charge in [0.1, 0.15) is 0 Å². The van der Waals surface area contributed by atoms with Gasteiger partial charge in [-0.05, 0) is 163 Å². The maximum atomic E-state index is 6.61. The summed E-state index contributed by atoms with van der Waals surface area (Å²) in [6.07, 6.45) is 51.1. The predicted molar refractivity (Wildman–Crippen MR) is 269 cm³/mol. The zero-order valence-electron chi connectivity index (χ0n) is 42.7. The van der Waals surface area contributed by atoms with Gasteiger partial charge in [-0.25, -0.2) is 0 Å². The van der Waals surface area contributed by atoms with Gasteiger partial charge < -0.3 is 19.1 Å². The van der Waals surface area contributed by atoms with Crippen molar-refractivity contribution in [1.82, 2.24) is 4.90 Å². The van der Waals surface area contributed by atoms with Gasteiger partial charge in [0.25, 0.3) is 0 Å². The highest BCUT2D eigenvalue weighted by Gasteiger charge is 2.59. The lowest BCUT2D eigenvalue weighted by Crippen LogP contribution is -2.51. The molecule has 4 heteroatoms. The molecule has 0 aromatic heterocycles. The summed E-state index contributed by atoms with van der Waals surface area (Å²) in [4.78, 5) is 2.23. The summed E-state index contributed by atoms with van der Waals surface area (Å²) in [5, 5.41) is 0. The van der Waals surface area contributed by atoms with Crippen molar-refractivity contribution in [3.05, 3.63) is 36.0 Å². The smallest absolute Gasteiger partial charge is 0.0934 e. The molecule has 0 radical (unpaired) electrons. The van der Waals surface area contributed by atoms with Crippen LogP contribution in [0.25, 0.3) is 0 Å². The van der Waals surface area contributed by atoms with Crippen LogP contribution in [-0.4, -0.2) is 64.2 Å². The Kier molecular flexibility index (Phi) is 26.3. The van der Waals surface area contributed by atoms with Crippen molar-refractivity contribution in [3.63, 3.8) is 0 Å². The Bertz CT molecular complexity index is 1240. The molecule has 0 amide bonds. The monoisotopic (exact) mass is 864 g/mol. The molecule has 4 aliphatic carbocycles. The molecule has 3 fully saturated rings. The molecule has 360 valence electrons. The van der Waals surface area contributed by atoms with Crippen LogP contribution in [-0.2, 0) is 14.2 Å². The van der Waals surface area contributed by atoms with E-state index in [2.05, 4.69) is 90.9 Å². The van der Waals surface area contributed by atoms with Gasteiger partial charge in [-0.1, -0.05) is 161 Å². The molecule has 4 nitrogen and oxygen atoms in total. The lowest BCUT2D eigenvalue weighted by molar-refractivity contribution is -0.0641. The van der Waals surface area contributed by atoms with Crippen LogP contribution >= 0.6 is 0 Å². The van der Waals surface area contributed by atoms with Gasteiger partial charge in [-0.3, -0.25) is 0 Å². The molecule has 0 aliphatic heterocycles. The maximum absolute atomic E-state index is 6.61. The van der Waals surface area contributed by atoms with Crippen molar-refractivity contribution in [1.29, 1.82) is 0 Å². The second-order valence-corrected chi connectivity index (χ2v) is 22.6. The van der Waals surface area contributed by atoms with Crippen molar-refractivity contribution >= 4 is 0 Å². The third-order valence-electron chi connectivity index (χ3n) is 16.9. The van der Waals surface area contributed by atoms with Gasteiger partial charge in [0.2, 0.25) is 0 Å². The number of nitrogens with zero attached hydrogens (tertiary/aromatic N) is 1. The normalized spacial score (nSPS) is 28.5. The lowest BCUT2D eigenvalue weighted by Gasteiger charge is -2.58. The minimum Gasteiger partial charge on any atom is -0.379 e. The van der Waals surface area contributed by atoms with Crippen LogP contribution in [0.15, 0.2) is 36.0 Å². The fourth-order valence-electron chi connectivity index (χ4n) is 13.2. The van der Waals surface area contributed by atoms with E-state index in [0.29, 0.717) is 16.9 Å². The van der Waals surface area contributed by atoms with Gasteiger partial charge in [0.05, 0.1) is 18.8 Å². The second kappa shape index (κ2) is 30.4. The molecular formula is C58H105NO3. The minimum atomic E-state index is 0.173. The first-order valence-electron chi connectivity index (χ1n) is 27.5.